The number of anilines is 3. The quantitative estimate of drug-likeness (QED) is 0.360. The predicted octanol–water partition coefficient (Wildman–Crippen LogP) is 3.76. The molecule has 164 valence electrons. The van der Waals surface area contributed by atoms with Gasteiger partial charge in [-0.15, -0.1) is 11.3 Å². The van der Waals surface area contributed by atoms with E-state index >= 15 is 0 Å². The monoisotopic (exact) mass is 492 g/mol. The summed E-state index contributed by atoms with van der Waals surface area (Å²) in [7, 11) is -3.82. The van der Waals surface area contributed by atoms with Crippen molar-refractivity contribution in [3.05, 3.63) is 76.6 Å². The van der Waals surface area contributed by atoms with Gasteiger partial charge in [-0.2, -0.15) is 5.10 Å². The van der Waals surface area contributed by atoms with E-state index in [1.54, 1.807) is 5.38 Å². The maximum Gasteiger partial charge on any atom is 0.263 e. The highest BCUT2D eigenvalue weighted by Crippen LogP contribution is 2.27. The number of halogens is 2. The third-order valence-corrected chi connectivity index (χ3v) is 6.73. The summed E-state index contributed by atoms with van der Waals surface area (Å²) < 4.78 is 42.2. The number of nitrogens with one attached hydrogen (secondary N) is 2. The number of nitrogens with zero attached hydrogens (tertiary/aromatic N) is 3. The van der Waals surface area contributed by atoms with Crippen molar-refractivity contribution in [2.45, 2.75) is 4.90 Å². The van der Waals surface area contributed by atoms with Crippen molar-refractivity contribution in [3.63, 3.8) is 0 Å². The normalized spacial score (nSPS) is 11.3. The number of sulfonamides is 1. The van der Waals surface area contributed by atoms with E-state index in [0.717, 1.165) is 11.3 Å². The highest BCUT2D eigenvalue weighted by atomic mass is 35.5. The maximum absolute atomic E-state index is 13.5. The number of hydrogen-bond acceptors (Lipinski definition) is 7. The minimum Gasteiger partial charge on any atom is -0.365 e. The Morgan fingerprint density at radius 3 is 2.56 bits per heavy atom. The van der Waals surface area contributed by atoms with Gasteiger partial charge in [0.05, 0.1) is 21.8 Å². The van der Waals surface area contributed by atoms with E-state index in [1.807, 2.05) is 0 Å². The van der Waals surface area contributed by atoms with E-state index in [1.165, 1.54) is 59.5 Å². The number of benzene rings is 2. The summed E-state index contributed by atoms with van der Waals surface area (Å²) in [5.74, 6) is -1.13. The fraction of sp³-hybridized carbons (Fsp3) is 0. The number of rotatable bonds is 7. The first-order valence-corrected chi connectivity index (χ1v) is 11.6. The highest BCUT2D eigenvalue weighted by Gasteiger charge is 2.19. The maximum atomic E-state index is 13.5. The van der Waals surface area contributed by atoms with Gasteiger partial charge in [0.1, 0.15) is 17.2 Å². The number of carbonyl (C=O) groups is 1. The highest BCUT2D eigenvalue weighted by molar-refractivity contribution is 7.93. The molecule has 0 spiro atoms. The van der Waals surface area contributed by atoms with Gasteiger partial charge in [-0.25, -0.2) is 22.5 Å². The number of carbonyl (C=O) groups excluding carboxylic acids is 1. The van der Waals surface area contributed by atoms with Crippen LogP contribution in [0.15, 0.2) is 65.1 Å². The lowest BCUT2D eigenvalue weighted by Gasteiger charge is -2.12. The molecular weight excluding hydrogens is 479 g/mol. The molecule has 4 N–H and O–H groups in total. The average molecular weight is 493 g/mol. The molecule has 2 aromatic heterocycles. The Balaban J connectivity index is 1.64. The lowest BCUT2D eigenvalue weighted by Crippen LogP contribution is -2.14. The first-order chi connectivity index (χ1) is 15.2. The van der Waals surface area contributed by atoms with Crippen LogP contribution in [0.5, 0.6) is 0 Å². The molecule has 4 rings (SSSR count). The zero-order valence-electron chi connectivity index (χ0n) is 16.0. The van der Waals surface area contributed by atoms with Crippen LogP contribution in [0.2, 0.25) is 5.02 Å². The molecule has 2 aromatic carbocycles. The van der Waals surface area contributed by atoms with E-state index in [4.69, 9.17) is 17.3 Å². The Morgan fingerprint density at radius 1 is 1.19 bits per heavy atom. The summed E-state index contributed by atoms with van der Waals surface area (Å²) in [6.45, 7) is 0. The van der Waals surface area contributed by atoms with E-state index in [-0.39, 0.29) is 26.4 Å². The van der Waals surface area contributed by atoms with E-state index in [2.05, 4.69) is 20.1 Å². The number of aromatic nitrogens is 3. The van der Waals surface area contributed by atoms with Crippen LogP contribution in [-0.2, 0) is 10.0 Å². The second-order valence-electron chi connectivity index (χ2n) is 6.37. The minimum absolute atomic E-state index is 0.0206. The Bertz CT molecular complexity index is 1390. The predicted molar refractivity (Wildman–Crippen MR) is 120 cm³/mol. The third kappa shape index (κ3) is 4.42. The van der Waals surface area contributed by atoms with Gasteiger partial charge in [0, 0.05) is 17.3 Å². The summed E-state index contributed by atoms with van der Waals surface area (Å²) in [6, 6.07) is 9.74. The van der Waals surface area contributed by atoms with Crippen LogP contribution < -0.4 is 15.8 Å². The number of hydrogen-bond donors (Lipinski definition) is 3. The van der Waals surface area contributed by atoms with E-state index < -0.39 is 21.7 Å². The fourth-order valence-corrected chi connectivity index (χ4v) is 4.73. The summed E-state index contributed by atoms with van der Waals surface area (Å²) in [6.07, 6.45) is 2.75. The molecule has 0 aliphatic carbocycles. The van der Waals surface area contributed by atoms with E-state index in [0.29, 0.717) is 11.4 Å². The van der Waals surface area contributed by atoms with E-state index in [9.17, 15) is 17.6 Å². The number of amides is 1. The fourth-order valence-electron chi connectivity index (χ4n) is 2.76. The van der Waals surface area contributed by atoms with Crippen molar-refractivity contribution < 1.29 is 17.6 Å². The molecule has 13 heteroatoms. The SMILES string of the molecule is NC(=O)c1cnn(-c2ccc(F)c(Cl)c2)c1Nc1ccc(S(=O)(=O)Nc2nccs2)cc1. The first kappa shape index (κ1) is 21.7. The molecule has 2 heterocycles. The van der Waals surface area contributed by atoms with Gasteiger partial charge < -0.3 is 11.1 Å². The van der Waals surface area contributed by atoms with Crippen LogP contribution in [0.4, 0.5) is 21.0 Å². The summed E-state index contributed by atoms with van der Waals surface area (Å²) in [5.41, 5.74) is 6.37. The van der Waals surface area contributed by atoms with Gasteiger partial charge in [0.15, 0.2) is 5.13 Å². The van der Waals surface area contributed by atoms with Gasteiger partial charge in [-0.3, -0.25) is 9.52 Å². The van der Waals surface area contributed by atoms with Gasteiger partial charge in [-0.05, 0) is 42.5 Å². The number of primary amides is 1. The Morgan fingerprint density at radius 2 is 1.94 bits per heavy atom. The van der Waals surface area contributed by atoms with Crippen molar-refractivity contribution in [1.29, 1.82) is 0 Å². The molecule has 0 saturated heterocycles. The molecular formula is C19H14ClFN6O3S2. The largest absolute Gasteiger partial charge is 0.365 e. The van der Waals surface area contributed by atoms with Crippen molar-refractivity contribution in [2.24, 2.45) is 5.73 Å². The number of nitrogens with two attached hydrogens (primary N) is 1. The Kier molecular flexibility index (Phi) is 5.82. The third-order valence-electron chi connectivity index (χ3n) is 4.26. The van der Waals surface area contributed by atoms with Gasteiger partial charge in [0.2, 0.25) is 0 Å². The summed E-state index contributed by atoms with van der Waals surface area (Å²) >= 11 is 7.02. The summed E-state index contributed by atoms with van der Waals surface area (Å²) in [5, 5.41) is 8.91. The molecule has 0 atom stereocenters. The molecule has 0 fully saturated rings. The molecule has 0 unspecified atom stereocenters. The molecule has 0 aliphatic heterocycles. The molecule has 0 radical (unpaired) electrons. The lowest BCUT2D eigenvalue weighted by atomic mass is 10.2. The second kappa shape index (κ2) is 8.57. The molecule has 9 nitrogen and oxygen atoms in total. The topological polar surface area (TPSA) is 132 Å². The Hall–Kier alpha value is -3.48. The van der Waals surface area contributed by atoms with Crippen LogP contribution in [0.1, 0.15) is 10.4 Å². The van der Waals surface area contributed by atoms with Crippen LogP contribution in [-0.4, -0.2) is 29.1 Å². The van der Waals surface area contributed by atoms with Crippen LogP contribution in [0.3, 0.4) is 0 Å². The molecule has 32 heavy (non-hydrogen) atoms. The van der Waals surface area contributed by atoms with Crippen molar-refractivity contribution in [3.8, 4) is 5.69 Å². The minimum atomic E-state index is -3.82. The average Bonchev–Trinajstić information content (AvgIpc) is 3.40. The molecule has 4 aromatic rings. The van der Waals surface area contributed by atoms with Crippen molar-refractivity contribution in [2.75, 3.05) is 10.0 Å². The second-order valence-corrected chi connectivity index (χ2v) is 9.36. The smallest absolute Gasteiger partial charge is 0.263 e. The summed E-state index contributed by atoms with van der Waals surface area (Å²) in [4.78, 5) is 15.8. The molecule has 1 amide bonds. The molecule has 0 aliphatic rings. The Labute approximate surface area is 190 Å². The van der Waals surface area contributed by atoms with Crippen molar-refractivity contribution in [1.82, 2.24) is 14.8 Å². The first-order valence-electron chi connectivity index (χ1n) is 8.87. The molecule has 0 bridgehead atoms. The standard InChI is InChI=1S/C19H14ClFN6O3S2/c20-15-9-12(3-6-16(15)21)27-18(14(10-24-27)17(22)28)25-11-1-4-13(5-2-11)32(29,30)26-19-23-7-8-31-19/h1-10,25H,(H2,22,28)(H,23,26). The van der Waals surface area contributed by atoms with Crippen LogP contribution in [0, 0.1) is 5.82 Å². The van der Waals surface area contributed by atoms with Gasteiger partial charge in [-0.1, -0.05) is 11.6 Å². The molecule has 0 saturated carbocycles. The van der Waals surface area contributed by atoms with Crippen molar-refractivity contribution >= 4 is 55.5 Å². The number of thiazole rings is 1. The van der Waals surface area contributed by atoms with Crippen LogP contribution >= 0.6 is 22.9 Å². The van der Waals surface area contributed by atoms with Crippen LogP contribution in [0.25, 0.3) is 5.69 Å². The zero-order chi connectivity index (χ0) is 22.9. The van der Waals surface area contributed by atoms with Gasteiger partial charge >= 0.3 is 0 Å². The lowest BCUT2D eigenvalue weighted by molar-refractivity contribution is 0.100. The van der Waals surface area contributed by atoms with Gasteiger partial charge in [0.25, 0.3) is 15.9 Å². The zero-order valence-corrected chi connectivity index (χ0v) is 18.4.